The van der Waals surface area contributed by atoms with Crippen LogP contribution in [0.1, 0.15) is 18.1 Å². The first-order valence-electron chi connectivity index (χ1n) is 4.81. The molecule has 0 aliphatic heterocycles. The molecule has 0 saturated heterocycles. The highest BCUT2D eigenvalue weighted by atomic mass is 16.5. The summed E-state index contributed by atoms with van der Waals surface area (Å²) in [7, 11) is 0. The van der Waals surface area contributed by atoms with Gasteiger partial charge >= 0.3 is 0 Å². The van der Waals surface area contributed by atoms with E-state index in [1.807, 2.05) is 19.9 Å². The molecule has 0 aliphatic rings. The number of nitrogens with one attached hydrogen (secondary N) is 1. The second-order valence-electron chi connectivity index (χ2n) is 3.61. The van der Waals surface area contributed by atoms with Gasteiger partial charge in [-0.25, -0.2) is 0 Å². The molecule has 78 valence electrons. The molecule has 0 amide bonds. The molecule has 0 spiro atoms. The van der Waals surface area contributed by atoms with Crippen LogP contribution in [0.2, 0.25) is 0 Å². The highest BCUT2D eigenvalue weighted by molar-refractivity contribution is 5.36. The molecule has 3 heteroatoms. The summed E-state index contributed by atoms with van der Waals surface area (Å²) in [5, 5.41) is 0. The Morgan fingerprint density at radius 2 is 2.14 bits per heavy atom. The Labute approximate surface area is 85.2 Å². The lowest BCUT2D eigenvalue weighted by Gasteiger charge is -2.16. The van der Waals surface area contributed by atoms with Crippen molar-refractivity contribution < 1.29 is 4.74 Å². The van der Waals surface area contributed by atoms with Gasteiger partial charge in [0.1, 0.15) is 11.9 Å². The van der Waals surface area contributed by atoms with Gasteiger partial charge in [0.25, 0.3) is 0 Å². The van der Waals surface area contributed by atoms with Crippen molar-refractivity contribution in [1.82, 2.24) is 5.43 Å². The molecule has 1 rings (SSSR count). The van der Waals surface area contributed by atoms with Gasteiger partial charge in [-0.1, -0.05) is 12.1 Å². The van der Waals surface area contributed by atoms with Crippen LogP contribution in [-0.4, -0.2) is 12.6 Å². The van der Waals surface area contributed by atoms with Crippen molar-refractivity contribution in [1.29, 1.82) is 0 Å². The zero-order chi connectivity index (χ0) is 10.6. The normalized spacial score (nSPS) is 12.6. The van der Waals surface area contributed by atoms with Gasteiger partial charge < -0.3 is 4.74 Å². The number of hydrazine groups is 1. The van der Waals surface area contributed by atoms with Gasteiger partial charge in [-0.3, -0.25) is 11.3 Å². The van der Waals surface area contributed by atoms with Crippen LogP contribution in [0.4, 0.5) is 0 Å². The van der Waals surface area contributed by atoms with Crippen molar-refractivity contribution in [2.75, 3.05) is 6.54 Å². The van der Waals surface area contributed by atoms with Crippen LogP contribution < -0.4 is 16.0 Å². The zero-order valence-electron chi connectivity index (χ0n) is 9.00. The molecule has 3 nitrogen and oxygen atoms in total. The molecule has 14 heavy (non-hydrogen) atoms. The lowest BCUT2D eigenvalue weighted by atomic mass is 10.1. The predicted molar refractivity (Wildman–Crippen MR) is 58.2 cm³/mol. The average molecular weight is 194 g/mol. The molecule has 1 aromatic carbocycles. The maximum absolute atomic E-state index is 5.72. The SMILES string of the molecule is Cc1ccc(C)c(OC(C)CNN)c1. The lowest BCUT2D eigenvalue weighted by molar-refractivity contribution is 0.216. The Hall–Kier alpha value is -1.06. The van der Waals surface area contributed by atoms with Gasteiger partial charge in [0.2, 0.25) is 0 Å². The van der Waals surface area contributed by atoms with E-state index in [-0.39, 0.29) is 6.10 Å². The van der Waals surface area contributed by atoms with Gasteiger partial charge in [-0.15, -0.1) is 0 Å². The summed E-state index contributed by atoms with van der Waals surface area (Å²) in [4.78, 5) is 0. The third-order valence-corrected chi connectivity index (χ3v) is 2.08. The number of benzene rings is 1. The maximum Gasteiger partial charge on any atom is 0.122 e. The minimum absolute atomic E-state index is 0.0838. The first-order chi connectivity index (χ1) is 6.63. The first kappa shape index (κ1) is 11.0. The molecule has 0 fully saturated rings. The van der Waals surface area contributed by atoms with Gasteiger partial charge in [-0.2, -0.15) is 0 Å². The van der Waals surface area contributed by atoms with Crippen LogP contribution >= 0.6 is 0 Å². The molecule has 0 bridgehead atoms. The molecule has 1 aromatic rings. The topological polar surface area (TPSA) is 47.3 Å². The van der Waals surface area contributed by atoms with Crippen LogP contribution in [0.3, 0.4) is 0 Å². The van der Waals surface area contributed by atoms with E-state index in [1.54, 1.807) is 0 Å². The molecule has 0 aromatic heterocycles. The van der Waals surface area contributed by atoms with Gasteiger partial charge in [0.05, 0.1) is 0 Å². The molecule has 1 unspecified atom stereocenters. The highest BCUT2D eigenvalue weighted by Crippen LogP contribution is 2.20. The maximum atomic E-state index is 5.72. The average Bonchev–Trinajstić information content (AvgIpc) is 2.12. The molecule has 0 saturated carbocycles. The van der Waals surface area contributed by atoms with Crippen LogP contribution in [0.25, 0.3) is 0 Å². The van der Waals surface area contributed by atoms with E-state index < -0.39 is 0 Å². The van der Waals surface area contributed by atoms with E-state index in [2.05, 4.69) is 24.5 Å². The van der Waals surface area contributed by atoms with Crippen molar-refractivity contribution in [2.24, 2.45) is 5.84 Å². The van der Waals surface area contributed by atoms with Crippen LogP contribution in [-0.2, 0) is 0 Å². The third-order valence-electron chi connectivity index (χ3n) is 2.08. The van der Waals surface area contributed by atoms with Gasteiger partial charge in [0.15, 0.2) is 0 Å². The summed E-state index contributed by atoms with van der Waals surface area (Å²) in [5.74, 6) is 6.16. The summed E-state index contributed by atoms with van der Waals surface area (Å²) in [6.07, 6.45) is 0.0838. The number of nitrogens with two attached hydrogens (primary N) is 1. The highest BCUT2D eigenvalue weighted by Gasteiger charge is 2.05. The second kappa shape index (κ2) is 4.98. The van der Waals surface area contributed by atoms with E-state index in [0.29, 0.717) is 6.54 Å². The summed E-state index contributed by atoms with van der Waals surface area (Å²) < 4.78 is 5.72. The quantitative estimate of drug-likeness (QED) is 0.564. The van der Waals surface area contributed by atoms with Crippen molar-refractivity contribution in [3.8, 4) is 5.75 Å². The van der Waals surface area contributed by atoms with Crippen LogP contribution in [0.15, 0.2) is 18.2 Å². The third kappa shape index (κ3) is 3.01. The lowest BCUT2D eigenvalue weighted by Crippen LogP contribution is -2.33. The number of ether oxygens (including phenoxy) is 1. The molecular formula is C11H18N2O. The Morgan fingerprint density at radius 1 is 1.43 bits per heavy atom. The fourth-order valence-electron chi connectivity index (χ4n) is 1.26. The fourth-order valence-corrected chi connectivity index (χ4v) is 1.26. The first-order valence-corrected chi connectivity index (χ1v) is 4.81. The zero-order valence-corrected chi connectivity index (χ0v) is 9.00. The Morgan fingerprint density at radius 3 is 2.79 bits per heavy atom. The number of hydrogen-bond donors (Lipinski definition) is 2. The van der Waals surface area contributed by atoms with Crippen molar-refractivity contribution >= 4 is 0 Å². The standard InChI is InChI=1S/C11H18N2O/c1-8-4-5-9(2)11(6-8)14-10(3)7-13-12/h4-6,10,13H,7,12H2,1-3H3. The van der Waals surface area contributed by atoms with E-state index in [9.17, 15) is 0 Å². The molecule has 0 heterocycles. The largest absolute Gasteiger partial charge is 0.489 e. The fraction of sp³-hybridized carbons (Fsp3) is 0.455. The summed E-state index contributed by atoms with van der Waals surface area (Å²) in [5.41, 5.74) is 4.96. The smallest absolute Gasteiger partial charge is 0.122 e. The minimum atomic E-state index is 0.0838. The van der Waals surface area contributed by atoms with E-state index >= 15 is 0 Å². The Balaban J connectivity index is 2.70. The molecule has 1 atom stereocenters. The Kier molecular flexibility index (Phi) is 3.92. The van der Waals surface area contributed by atoms with Crippen molar-refractivity contribution in [3.63, 3.8) is 0 Å². The number of aryl methyl sites for hydroxylation is 2. The minimum Gasteiger partial charge on any atom is -0.489 e. The van der Waals surface area contributed by atoms with Gasteiger partial charge in [-0.05, 0) is 38.0 Å². The molecule has 0 aliphatic carbocycles. The van der Waals surface area contributed by atoms with Crippen molar-refractivity contribution in [3.05, 3.63) is 29.3 Å². The summed E-state index contributed by atoms with van der Waals surface area (Å²) >= 11 is 0. The van der Waals surface area contributed by atoms with Gasteiger partial charge in [0, 0.05) is 6.54 Å². The van der Waals surface area contributed by atoms with Crippen LogP contribution in [0.5, 0.6) is 5.75 Å². The predicted octanol–water partition coefficient (Wildman–Crippen LogP) is 1.53. The van der Waals surface area contributed by atoms with Crippen LogP contribution in [0, 0.1) is 13.8 Å². The molecular weight excluding hydrogens is 176 g/mol. The Bertz CT molecular complexity index is 299. The second-order valence-corrected chi connectivity index (χ2v) is 3.61. The molecule has 3 N–H and O–H groups in total. The summed E-state index contributed by atoms with van der Waals surface area (Å²) in [6, 6.07) is 6.18. The number of rotatable bonds is 4. The van der Waals surface area contributed by atoms with E-state index in [0.717, 1.165) is 11.3 Å². The number of hydrogen-bond acceptors (Lipinski definition) is 3. The van der Waals surface area contributed by atoms with E-state index in [1.165, 1.54) is 5.56 Å². The summed E-state index contributed by atoms with van der Waals surface area (Å²) in [6.45, 7) is 6.73. The molecule has 0 radical (unpaired) electrons. The van der Waals surface area contributed by atoms with E-state index in [4.69, 9.17) is 10.6 Å². The monoisotopic (exact) mass is 194 g/mol. The van der Waals surface area contributed by atoms with Crippen molar-refractivity contribution in [2.45, 2.75) is 26.9 Å².